The van der Waals surface area contributed by atoms with E-state index in [2.05, 4.69) is 57.2 Å². The van der Waals surface area contributed by atoms with Crippen LogP contribution >= 0.6 is 0 Å². The first-order chi connectivity index (χ1) is 19.5. The van der Waals surface area contributed by atoms with Gasteiger partial charge in [-0.25, -0.2) is 10.5 Å². The molecule has 4 heterocycles. The Morgan fingerprint density at radius 2 is 1.11 bits per heavy atom. The zero-order chi connectivity index (χ0) is 29.3. The summed E-state index contributed by atoms with van der Waals surface area (Å²) in [5.41, 5.74) is 0.915. The fraction of sp³-hybridized carbons (Fsp3) is 0.786. The van der Waals surface area contributed by atoms with Gasteiger partial charge in [0.05, 0.1) is 0 Å². The van der Waals surface area contributed by atoms with Gasteiger partial charge < -0.3 is 69.5 Å². The van der Waals surface area contributed by atoms with Gasteiger partial charge in [0.25, 0.3) is 0 Å². The monoisotopic (exact) mass is 797 g/mol. The Balaban J connectivity index is -0.000000184. The first-order valence-electron chi connectivity index (χ1n) is 14.4. The maximum atomic E-state index is 11.9. The van der Waals surface area contributed by atoms with Gasteiger partial charge in [-0.15, -0.1) is 52.4 Å². The molecule has 45 heavy (non-hydrogen) atoms. The molecule has 269 valence electrons. The third kappa shape index (κ3) is 28.1. The molecule has 0 unspecified atom stereocenters. The van der Waals surface area contributed by atoms with Crippen molar-refractivity contribution >= 4 is 37.1 Å². The molecule has 4 aliphatic heterocycles. The molecule has 0 aromatic heterocycles. The normalized spacial score (nSPS) is 17.5. The van der Waals surface area contributed by atoms with E-state index in [1.54, 1.807) is 0 Å². The molecule has 2 amide bonds. The molecule has 0 saturated carbocycles. The second kappa shape index (κ2) is 37.8. The summed E-state index contributed by atoms with van der Waals surface area (Å²) in [4.78, 5) is 23.7. The summed E-state index contributed by atoms with van der Waals surface area (Å²) in [6, 6.07) is 0. The number of hydrogen-bond acceptors (Lipinski definition) is 6. The van der Waals surface area contributed by atoms with Crippen LogP contribution in [0.5, 0.6) is 0 Å². The van der Waals surface area contributed by atoms with Crippen LogP contribution in [0.25, 0.3) is 33.6 Å². The van der Waals surface area contributed by atoms with Crippen LogP contribution in [0, 0.1) is 39.1 Å². The molecule has 0 aromatic carbocycles. The van der Waals surface area contributed by atoms with E-state index in [-0.39, 0.29) is 80.4 Å². The van der Waals surface area contributed by atoms with E-state index >= 15 is 0 Å². The van der Waals surface area contributed by atoms with Crippen molar-refractivity contribution in [3.05, 3.63) is 45.2 Å². The molecule has 0 aromatic rings. The van der Waals surface area contributed by atoms with E-state index in [1.165, 1.54) is 36.5 Å². The van der Waals surface area contributed by atoms with Gasteiger partial charge in [-0.05, 0) is 31.1 Å². The number of amides is 2. The molecule has 0 spiro atoms. The summed E-state index contributed by atoms with van der Waals surface area (Å²) >= 11 is 7.40. The largest absolute Gasteiger partial charge is 0.696 e. The Labute approximate surface area is 313 Å². The van der Waals surface area contributed by atoms with Gasteiger partial charge >= 0.3 is 0 Å². The molecule has 0 aliphatic carbocycles. The summed E-state index contributed by atoms with van der Waals surface area (Å²) in [6.45, 7) is 8.91. The molecular weight excluding hydrogens is 749 g/mol. The van der Waals surface area contributed by atoms with Crippen LogP contribution in [-0.2, 0) is 85.2 Å². The second-order valence-electron chi connectivity index (χ2n) is 10.1. The third-order valence-electron chi connectivity index (χ3n) is 7.41. The third-order valence-corrected chi connectivity index (χ3v) is 7.41. The maximum Gasteiger partial charge on any atom is 0.246 e. The number of thiocyanates is 2. The molecule has 3 fully saturated rings. The Bertz CT molecular complexity index is 805. The minimum absolute atomic E-state index is 0. The Kier molecular flexibility index (Phi) is 45.3. The fourth-order valence-corrected chi connectivity index (χ4v) is 5.02. The molecule has 4 rings (SSSR count). The van der Waals surface area contributed by atoms with Crippen LogP contribution in [0.1, 0.15) is 57.8 Å². The zero-order valence-electron chi connectivity index (χ0n) is 25.7. The predicted molar refractivity (Wildman–Crippen MR) is 175 cm³/mol. The SMILES string of the molecule is N#C[S-].N#C[S-].O=C(NCCC1CC[N-]CC1)C1=CC[N-]CC1.O=C(NCCC1CC[N-]CC1)C1CC[N-]CC1.[Co].[Co].[Co].[NH2-].[NH2-]. The Hall–Kier alpha value is -0.621. The number of nitrogens with one attached hydrogen (secondary N) is 2. The van der Waals surface area contributed by atoms with Gasteiger partial charge in [-0.2, -0.15) is 0 Å². The van der Waals surface area contributed by atoms with Crippen molar-refractivity contribution in [1.82, 2.24) is 10.6 Å². The number of nitrogens with zero attached hydrogens (tertiary/aromatic N) is 6. The summed E-state index contributed by atoms with van der Waals surface area (Å²) in [7, 11) is 0. The molecule has 3 radical (unpaired) electrons. The zero-order valence-corrected chi connectivity index (χ0v) is 30.5. The molecule has 3 saturated heterocycles. The van der Waals surface area contributed by atoms with Crippen LogP contribution in [0.4, 0.5) is 0 Å². The van der Waals surface area contributed by atoms with Gasteiger partial charge in [-0.1, -0.05) is 55.4 Å². The van der Waals surface area contributed by atoms with Gasteiger partial charge in [0.2, 0.25) is 11.8 Å². The maximum absolute atomic E-state index is 11.9. The number of nitrogens with two attached hydrogens (primary N) is 2. The van der Waals surface area contributed by atoms with Crippen molar-refractivity contribution in [1.29, 1.82) is 10.5 Å². The van der Waals surface area contributed by atoms with Crippen LogP contribution in [0.15, 0.2) is 11.6 Å². The Morgan fingerprint density at radius 1 is 0.711 bits per heavy atom. The van der Waals surface area contributed by atoms with Crippen LogP contribution in [0.2, 0.25) is 0 Å². The number of carbonyl (C=O) groups is 2. The van der Waals surface area contributed by atoms with Crippen molar-refractivity contribution in [2.24, 2.45) is 17.8 Å². The molecule has 17 heteroatoms. The van der Waals surface area contributed by atoms with Gasteiger partial charge in [-0.3, -0.25) is 9.59 Å². The van der Waals surface area contributed by atoms with Crippen molar-refractivity contribution in [3.63, 3.8) is 0 Å². The first-order valence-corrected chi connectivity index (χ1v) is 15.2. The number of hydrogen-bond donors (Lipinski definition) is 2. The number of carbonyl (C=O) groups excluding carboxylic acids is 2. The van der Waals surface area contributed by atoms with Gasteiger partial charge in [0, 0.05) is 74.9 Å². The molecule has 4 aliphatic rings. The average molecular weight is 798 g/mol. The standard InChI is InChI=1S/C13H23N3O.C13H21N3O.2CHNS.3Co.2H2N/c2*17-13(12-4-8-15-9-5-12)16-10-3-11-1-6-14-7-2-11;2*2-1-3;;;;;/h11-12H,1-10H2,(H,16,17);4,11H,1-3,5-10H2,(H,16,17);2*3H;;;;2*1H2/q2*-2;;;;;;2*-1/p-2. The van der Waals surface area contributed by atoms with Crippen molar-refractivity contribution in [2.45, 2.75) is 57.8 Å². The van der Waals surface area contributed by atoms with Gasteiger partial charge in [0.1, 0.15) is 0 Å². The van der Waals surface area contributed by atoms with Crippen LogP contribution in [-0.4, -0.2) is 77.3 Å². The van der Waals surface area contributed by atoms with Crippen LogP contribution in [0.3, 0.4) is 0 Å². The summed E-state index contributed by atoms with van der Waals surface area (Å²) in [5, 5.41) is 40.2. The van der Waals surface area contributed by atoms with E-state index in [0.717, 1.165) is 108 Å². The molecular formula is C28H48Co3N10O2S2-8. The van der Waals surface area contributed by atoms with Crippen LogP contribution < -0.4 is 10.6 Å². The number of rotatable bonds is 8. The smallest absolute Gasteiger partial charge is 0.246 e. The fourth-order valence-electron chi connectivity index (χ4n) is 5.02. The van der Waals surface area contributed by atoms with E-state index in [4.69, 9.17) is 10.5 Å². The van der Waals surface area contributed by atoms with E-state index in [0.29, 0.717) is 6.54 Å². The summed E-state index contributed by atoms with van der Waals surface area (Å²) < 4.78 is 0. The summed E-state index contributed by atoms with van der Waals surface area (Å²) in [5.74, 6) is 2.10. The Morgan fingerprint density at radius 3 is 1.51 bits per heavy atom. The van der Waals surface area contributed by atoms with E-state index < -0.39 is 0 Å². The number of nitriles is 2. The first kappa shape index (κ1) is 53.9. The molecule has 0 atom stereocenters. The van der Waals surface area contributed by atoms with Crippen molar-refractivity contribution in [2.75, 3.05) is 65.4 Å². The van der Waals surface area contributed by atoms with Crippen molar-refractivity contribution < 1.29 is 59.9 Å². The molecule has 6 N–H and O–H groups in total. The topological polar surface area (TPSA) is 229 Å². The number of piperidine rings is 3. The minimum Gasteiger partial charge on any atom is -0.696 e. The summed E-state index contributed by atoms with van der Waals surface area (Å²) in [6.07, 6.45) is 11.6. The van der Waals surface area contributed by atoms with E-state index in [1.807, 2.05) is 6.08 Å². The minimum atomic E-state index is 0. The van der Waals surface area contributed by atoms with Gasteiger partial charge in [0.15, 0.2) is 0 Å². The molecule has 0 bridgehead atoms. The quantitative estimate of drug-likeness (QED) is 0.238. The van der Waals surface area contributed by atoms with E-state index in [9.17, 15) is 9.59 Å². The average Bonchev–Trinajstić information content (AvgIpc) is 3.00. The second-order valence-corrected chi connectivity index (χ2v) is 10.5. The predicted octanol–water partition coefficient (Wildman–Crippen LogP) is 5.50. The van der Waals surface area contributed by atoms with Crippen molar-refractivity contribution in [3.8, 4) is 10.8 Å². The molecule has 12 nitrogen and oxygen atoms in total.